The van der Waals surface area contributed by atoms with Crippen LogP contribution in [0.4, 0.5) is 18.9 Å². The molecule has 4 rings (SSSR count). The highest BCUT2D eigenvalue weighted by Crippen LogP contribution is 2.45. The van der Waals surface area contributed by atoms with Crippen LogP contribution in [-0.2, 0) is 20.4 Å². The maximum Gasteiger partial charge on any atom is 0.416 e. The number of pyridine rings is 1. The molecule has 3 heterocycles. The Labute approximate surface area is 166 Å². The predicted molar refractivity (Wildman–Crippen MR) is 99.7 cm³/mol. The molecule has 0 radical (unpaired) electrons. The Kier molecular flexibility index (Phi) is 5.22. The lowest BCUT2D eigenvalue weighted by Crippen LogP contribution is -2.40. The van der Waals surface area contributed by atoms with Crippen LogP contribution in [0.1, 0.15) is 11.3 Å². The van der Waals surface area contributed by atoms with Gasteiger partial charge in [-0.25, -0.2) is 0 Å². The summed E-state index contributed by atoms with van der Waals surface area (Å²) in [7, 11) is 1.36. The molecular formula is C19H20ClF3N2O3. The molecule has 0 N–H and O–H groups in total. The number of alkyl halides is 3. The number of hydrogen-bond acceptors (Lipinski definition) is 5. The van der Waals surface area contributed by atoms with Gasteiger partial charge in [-0.1, -0.05) is 6.07 Å². The van der Waals surface area contributed by atoms with Crippen LogP contribution in [0.15, 0.2) is 24.3 Å². The summed E-state index contributed by atoms with van der Waals surface area (Å²) in [6.07, 6.45) is -4.42. The minimum absolute atomic E-state index is 0. The summed E-state index contributed by atoms with van der Waals surface area (Å²) < 4.78 is 49.7. The Hall–Kier alpha value is -2.06. The van der Waals surface area contributed by atoms with Gasteiger partial charge in [0.2, 0.25) is 0 Å². The van der Waals surface area contributed by atoms with E-state index >= 15 is 0 Å². The maximum atomic E-state index is 13.0. The summed E-state index contributed by atoms with van der Waals surface area (Å²) in [5, 5.41) is 0.634. The Balaban J connectivity index is 0.00000225. The summed E-state index contributed by atoms with van der Waals surface area (Å²) in [5.74, 6) is -0.315. The number of methoxy groups -OCH3 is 1. The minimum Gasteiger partial charge on any atom is -0.468 e. The van der Waals surface area contributed by atoms with Gasteiger partial charge in [-0.3, -0.25) is 9.78 Å². The summed E-state index contributed by atoms with van der Waals surface area (Å²) >= 11 is 0. The van der Waals surface area contributed by atoms with Gasteiger partial charge in [0.05, 0.1) is 31.4 Å². The maximum absolute atomic E-state index is 13.0. The molecule has 0 amide bonds. The molecule has 5 nitrogen and oxygen atoms in total. The Morgan fingerprint density at radius 3 is 2.79 bits per heavy atom. The number of halogens is 4. The normalized spacial score (nSPS) is 24.2. The van der Waals surface area contributed by atoms with Crippen LogP contribution in [0.5, 0.6) is 0 Å². The largest absolute Gasteiger partial charge is 0.468 e. The molecule has 1 aromatic carbocycles. The van der Waals surface area contributed by atoms with Crippen LogP contribution in [0.25, 0.3) is 10.9 Å². The van der Waals surface area contributed by atoms with Gasteiger partial charge in [0.25, 0.3) is 0 Å². The number of aromatic nitrogens is 1. The summed E-state index contributed by atoms with van der Waals surface area (Å²) in [6.45, 7) is 3.49. The second kappa shape index (κ2) is 7.08. The van der Waals surface area contributed by atoms with Crippen molar-refractivity contribution in [2.75, 3.05) is 38.3 Å². The van der Waals surface area contributed by atoms with Crippen LogP contribution in [0.3, 0.4) is 0 Å². The molecule has 2 fully saturated rings. The van der Waals surface area contributed by atoms with E-state index in [0.29, 0.717) is 42.9 Å². The van der Waals surface area contributed by atoms with Crippen LogP contribution < -0.4 is 4.90 Å². The molecule has 2 aliphatic heterocycles. The van der Waals surface area contributed by atoms with Crippen molar-refractivity contribution in [3.8, 4) is 0 Å². The predicted octanol–water partition coefficient (Wildman–Crippen LogP) is 3.61. The fraction of sp³-hybridized carbons (Fsp3) is 0.474. The molecule has 152 valence electrons. The second-order valence-electron chi connectivity index (χ2n) is 7.25. The zero-order valence-corrected chi connectivity index (χ0v) is 16.2. The quantitative estimate of drug-likeness (QED) is 0.700. The SMILES string of the molecule is COC(=O)[C@@]12COC[C@@H]1CN(c1cc(C)nc3cc(C(F)(F)F)ccc13)C2.Cl. The van der Waals surface area contributed by atoms with Crippen molar-refractivity contribution >= 4 is 35.0 Å². The lowest BCUT2D eigenvalue weighted by atomic mass is 9.81. The summed E-state index contributed by atoms with van der Waals surface area (Å²) in [4.78, 5) is 18.7. The number of esters is 1. The van der Waals surface area contributed by atoms with E-state index in [1.807, 2.05) is 11.0 Å². The van der Waals surface area contributed by atoms with E-state index in [9.17, 15) is 18.0 Å². The third kappa shape index (κ3) is 3.18. The number of aryl methyl sites for hydroxylation is 1. The second-order valence-corrected chi connectivity index (χ2v) is 7.25. The Bertz CT molecular complexity index is 921. The zero-order chi connectivity index (χ0) is 19.4. The van der Waals surface area contributed by atoms with Gasteiger partial charge in [-0.05, 0) is 25.1 Å². The molecule has 0 spiro atoms. The first-order valence-corrected chi connectivity index (χ1v) is 8.64. The summed E-state index contributed by atoms with van der Waals surface area (Å²) in [5.41, 5.74) is 0.239. The van der Waals surface area contributed by atoms with Gasteiger partial charge in [0.15, 0.2) is 0 Å². The fourth-order valence-electron chi connectivity index (χ4n) is 4.19. The van der Waals surface area contributed by atoms with Crippen molar-refractivity contribution in [2.45, 2.75) is 13.1 Å². The highest BCUT2D eigenvalue weighted by molar-refractivity contribution is 5.93. The molecule has 9 heteroatoms. The minimum atomic E-state index is -4.42. The average molecular weight is 417 g/mol. The number of carbonyl (C=O) groups is 1. The lowest BCUT2D eigenvalue weighted by Gasteiger charge is -2.25. The molecule has 2 aliphatic rings. The van der Waals surface area contributed by atoms with E-state index in [0.717, 1.165) is 17.8 Å². The van der Waals surface area contributed by atoms with Crippen molar-refractivity contribution in [1.29, 1.82) is 0 Å². The van der Waals surface area contributed by atoms with E-state index in [-0.39, 0.29) is 24.3 Å². The number of fused-ring (bicyclic) bond motifs is 2. The van der Waals surface area contributed by atoms with Crippen molar-refractivity contribution in [3.63, 3.8) is 0 Å². The van der Waals surface area contributed by atoms with Gasteiger partial charge < -0.3 is 14.4 Å². The molecule has 2 atom stereocenters. The van der Waals surface area contributed by atoms with Crippen LogP contribution in [-0.4, -0.2) is 44.4 Å². The Morgan fingerprint density at radius 2 is 2.11 bits per heavy atom. The van der Waals surface area contributed by atoms with E-state index < -0.39 is 17.2 Å². The number of carbonyl (C=O) groups excluding carboxylic acids is 1. The Morgan fingerprint density at radius 1 is 1.36 bits per heavy atom. The molecular weight excluding hydrogens is 397 g/mol. The number of anilines is 1. The van der Waals surface area contributed by atoms with Crippen molar-refractivity contribution in [1.82, 2.24) is 4.98 Å². The average Bonchev–Trinajstić information content (AvgIpc) is 3.17. The highest BCUT2D eigenvalue weighted by atomic mass is 35.5. The van der Waals surface area contributed by atoms with Gasteiger partial charge in [-0.2, -0.15) is 13.2 Å². The third-order valence-electron chi connectivity index (χ3n) is 5.55. The van der Waals surface area contributed by atoms with E-state index in [1.54, 1.807) is 6.92 Å². The molecule has 1 aromatic heterocycles. The zero-order valence-electron chi connectivity index (χ0n) is 15.4. The van der Waals surface area contributed by atoms with Crippen LogP contribution in [0.2, 0.25) is 0 Å². The highest BCUT2D eigenvalue weighted by Gasteiger charge is 2.57. The molecule has 0 bridgehead atoms. The first kappa shape index (κ1) is 20.7. The molecule has 2 saturated heterocycles. The standard InChI is InChI=1S/C19H19F3N2O3.ClH/c1-11-5-16(14-4-3-12(19(20,21)22)6-15(14)23-11)24-7-13-8-27-10-18(13,9-24)17(25)26-2;/h3-6,13H,7-10H2,1-2H3;1H/t13-,18-;/m0./s1. The monoisotopic (exact) mass is 416 g/mol. The lowest BCUT2D eigenvalue weighted by molar-refractivity contribution is -0.152. The first-order chi connectivity index (χ1) is 12.7. The summed E-state index contributed by atoms with van der Waals surface area (Å²) in [6, 6.07) is 5.44. The number of hydrogen-bond donors (Lipinski definition) is 0. The van der Waals surface area contributed by atoms with Crippen molar-refractivity contribution in [3.05, 3.63) is 35.5 Å². The van der Waals surface area contributed by atoms with Gasteiger partial charge in [-0.15, -0.1) is 12.4 Å². The smallest absolute Gasteiger partial charge is 0.416 e. The van der Waals surface area contributed by atoms with Gasteiger partial charge in [0.1, 0.15) is 5.41 Å². The van der Waals surface area contributed by atoms with Gasteiger partial charge >= 0.3 is 12.1 Å². The number of rotatable bonds is 2. The van der Waals surface area contributed by atoms with Crippen LogP contribution in [0, 0.1) is 18.3 Å². The van der Waals surface area contributed by atoms with Crippen LogP contribution >= 0.6 is 12.4 Å². The number of nitrogens with zero attached hydrogens (tertiary/aromatic N) is 2. The number of ether oxygens (including phenoxy) is 2. The molecule has 0 saturated carbocycles. The van der Waals surface area contributed by atoms with Crippen molar-refractivity contribution in [2.24, 2.45) is 11.3 Å². The first-order valence-electron chi connectivity index (χ1n) is 8.64. The molecule has 0 unspecified atom stereocenters. The topological polar surface area (TPSA) is 51.7 Å². The van der Waals surface area contributed by atoms with E-state index in [4.69, 9.17) is 9.47 Å². The molecule has 0 aliphatic carbocycles. The van der Waals surface area contributed by atoms with E-state index in [2.05, 4.69) is 4.98 Å². The third-order valence-corrected chi connectivity index (χ3v) is 5.55. The van der Waals surface area contributed by atoms with E-state index in [1.165, 1.54) is 13.2 Å². The van der Waals surface area contributed by atoms with Crippen molar-refractivity contribution < 1.29 is 27.4 Å². The fourth-order valence-corrected chi connectivity index (χ4v) is 4.19. The molecule has 28 heavy (non-hydrogen) atoms. The number of benzene rings is 1. The van der Waals surface area contributed by atoms with Gasteiger partial charge in [0, 0.05) is 35.8 Å². The molecule has 2 aromatic rings.